The smallest absolute Gasteiger partial charge is 0.0136 e. The molecule has 0 heterocycles. The van der Waals surface area contributed by atoms with E-state index in [2.05, 4.69) is 114 Å². The molecule has 5 aromatic rings. The summed E-state index contributed by atoms with van der Waals surface area (Å²) in [4.78, 5) is 0. The Labute approximate surface area is 160 Å². The average Bonchev–Trinajstić information content (AvgIpc) is 2.68. The largest absolute Gasteiger partial charge is 0.0616 e. The maximum Gasteiger partial charge on any atom is 0.0136 e. The van der Waals surface area contributed by atoms with Gasteiger partial charge >= 0.3 is 0 Å². The van der Waals surface area contributed by atoms with Crippen LogP contribution in [-0.2, 0) is 0 Å². The van der Waals surface area contributed by atoms with Crippen molar-refractivity contribution in [2.45, 2.75) is 0 Å². The molecule has 118 valence electrons. The lowest BCUT2D eigenvalue weighted by atomic mass is 9.92. The van der Waals surface area contributed by atoms with Crippen molar-refractivity contribution < 1.29 is 0 Å². The predicted molar refractivity (Wildman–Crippen MR) is 117 cm³/mol. The van der Waals surface area contributed by atoms with E-state index in [4.69, 9.17) is 0 Å². The molecule has 0 atom stereocenters. The lowest BCUT2D eigenvalue weighted by molar-refractivity contribution is 1.61. The second-order valence-corrected chi connectivity index (χ2v) is 7.61. The maximum atomic E-state index is 2.38. The van der Waals surface area contributed by atoms with Gasteiger partial charge in [0.15, 0.2) is 0 Å². The first-order valence-corrected chi connectivity index (χ1v) is 9.48. The van der Waals surface area contributed by atoms with E-state index < -0.39 is 0 Å². The van der Waals surface area contributed by atoms with Gasteiger partial charge in [0.1, 0.15) is 0 Å². The average molecular weight is 430 g/mol. The molecule has 0 amide bonds. The Kier molecular flexibility index (Phi) is 3.49. The number of rotatable bonds is 1. The van der Waals surface area contributed by atoms with Crippen molar-refractivity contribution in [2.24, 2.45) is 0 Å². The number of benzene rings is 5. The lowest BCUT2D eigenvalue weighted by Crippen LogP contribution is -1.85. The molecular formula is C24H15I. The molecule has 0 nitrogen and oxygen atoms in total. The van der Waals surface area contributed by atoms with Gasteiger partial charge in [-0.25, -0.2) is 0 Å². The van der Waals surface area contributed by atoms with Gasteiger partial charge in [0.05, 0.1) is 0 Å². The maximum absolute atomic E-state index is 2.38. The molecule has 0 aliphatic heterocycles. The van der Waals surface area contributed by atoms with Crippen LogP contribution in [0.1, 0.15) is 0 Å². The van der Waals surface area contributed by atoms with E-state index in [1.54, 1.807) is 0 Å². The molecule has 0 aliphatic rings. The zero-order valence-corrected chi connectivity index (χ0v) is 15.7. The number of hydrogen-bond acceptors (Lipinski definition) is 0. The van der Waals surface area contributed by atoms with Crippen molar-refractivity contribution >= 4 is 54.9 Å². The fraction of sp³-hybridized carbons (Fsp3) is 0. The van der Waals surface area contributed by atoms with E-state index in [1.807, 2.05) is 0 Å². The third-order valence-corrected chi connectivity index (χ3v) is 5.57. The molecule has 0 unspecified atom stereocenters. The molecule has 1 heteroatoms. The highest BCUT2D eigenvalue weighted by Crippen LogP contribution is 2.37. The normalized spacial score (nSPS) is 11.4. The number of halogens is 1. The summed E-state index contributed by atoms with van der Waals surface area (Å²) in [5.74, 6) is 0. The van der Waals surface area contributed by atoms with Crippen LogP contribution >= 0.6 is 22.6 Å². The van der Waals surface area contributed by atoms with Gasteiger partial charge < -0.3 is 0 Å². The standard InChI is InChI=1S/C24H15I/c25-18-7-5-6-16(14-18)17-12-13-23-21-10-2-1-8-19(21)20-9-3-4-11-22(20)24(23)15-17/h1-15H. The van der Waals surface area contributed by atoms with Crippen LogP contribution in [0.4, 0.5) is 0 Å². The highest BCUT2D eigenvalue weighted by atomic mass is 127. The summed E-state index contributed by atoms with van der Waals surface area (Å²) >= 11 is 2.38. The Morgan fingerprint density at radius 3 is 1.52 bits per heavy atom. The number of fused-ring (bicyclic) bond motifs is 6. The summed E-state index contributed by atoms with van der Waals surface area (Å²) in [7, 11) is 0. The Morgan fingerprint density at radius 1 is 0.400 bits per heavy atom. The molecule has 0 spiro atoms. The fourth-order valence-corrected chi connectivity index (χ4v) is 4.30. The summed E-state index contributed by atoms with van der Waals surface area (Å²) in [6.45, 7) is 0. The van der Waals surface area contributed by atoms with Crippen molar-refractivity contribution in [3.05, 3.63) is 94.6 Å². The SMILES string of the molecule is Ic1cccc(-c2ccc3c4ccccc4c4ccccc4c3c2)c1. The van der Waals surface area contributed by atoms with E-state index in [-0.39, 0.29) is 0 Å². The molecule has 0 aromatic heterocycles. The molecule has 0 saturated carbocycles. The van der Waals surface area contributed by atoms with Crippen molar-refractivity contribution in [1.82, 2.24) is 0 Å². The zero-order valence-electron chi connectivity index (χ0n) is 13.5. The molecule has 25 heavy (non-hydrogen) atoms. The minimum atomic E-state index is 1.26. The van der Waals surface area contributed by atoms with E-state index in [0.29, 0.717) is 0 Å². The van der Waals surface area contributed by atoms with E-state index in [1.165, 1.54) is 47.0 Å². The Morgan fingerprint density at radius 2 is 0.920 bits per heavy atom. The van der Waals surface area contributed by atoms with E-state index in [9.17, 15) is 0 Å². The summed E-state index contributed by atoms with van der Waals surface area (Å²) in [5.41, 5.74) is 2.54. The van der Waals surface area contributed by atoms with E-state index in [0.717, 1.165) is 0 Å². The molecule has 0 saturated heterocycles. The Hall–Kier alpha value is -2.39. The fourth-order valence-electron chi connectivity index (χ4n) is 3.76. The van der Waals surface area contributed by atoms with Crippen LogP contribution in [0.3, 0.4) is 0 Å². The highest BCUT2D eigenvalue weighted by Gasteiger charge is 2.09. The van der Waals surface area contributed by atoms with Crippen LogP contribution in [-0.4, -0.2) is 0 Å². The highest BCUT2D eigenvalue weighted by molar-refractivity contribution is 14.1. The molecule has 5 rings (SSSR count). The van der Waals surface area contributed by atoms with Crippen molar-refractivity contribution in [2.75, 3.05) is 0 Å². The van der Waals surface area contributed by atoms with Gasteiger partial charge in [0.25, 0.3) is 0 Å². The first-order chi connectivity index (χ1) is 12.3. The third-order valence-electron chi connectivity index (χ3n) is 4.90. The van der Waals surface area contributed by atoms with E-state index >= 15 is 0 Å². The summed E-state index contributed by atoms with van der Waals surface area (Å²) < 4.78 is 1.26. The first-order valence-electron chi connectivity index (χ1n) is 8.40. The van der Waals surface area contributed by atoms with Crippen LogP contribution in [0, 0.1) is 3.57 Å². The molecule has 0 bridgehead atoms. The van der Waals surface area contributed by atoms with Crippen molar-refractivity contribution in [1.29, 1.82) is 0 Å². The molecule has 0 radical (unpaired) electrons. The van der Waals surface area contributed by atoms with Gasteiger partial charge in [0.2, 0.25) is 0 Å². The van der Waals surface area contributed by atoms with Gasteiger partial charge in [-0.15, -0.1) is 0 Å². The van der Waals surface area contributed by atoms with Gasteiger partial charge in [0, 0.05) is 3.57 Å². The quantitative estimate of drug-likeness (QED) is 0.192. The lowest BCUT2D eigenvalue weighted by Gasteiger charge is -2.12. The van der Waals surface area contributed by atoms with Crippen molar-refractivity contribution in [3.8, 4) is 11.1 Å². The number of hydrogen-bond donors (Lipinski definition) is 0. The third kappa shape index (κ3) is 2.42. The summed E-state index contributed by atoms with van der Waals surface area (Å²) in [6.07, 6.45) is 0. The summed E-state index contributed by atoms with van der Waals surface area (Å²) in [6, 6.07) is 33.0. The minimum absolute atomic E-state index is 1.26. The Bertz CT molecular complexity index is 1220. The van der Waals surface area contributed by atoms with Gasteiger partial charge in [-0.2, -0.15) is 0 Å². The topological polar surface area (TPSA) is 0 Å². The second kappa shape index (κ2) is 5.85. The van der Waals surface area contributed by atoms with Crippen LogP contribution in [0.25, 0.3) is 43.4 Å². The van der Waals surface area contributed by atoms with Gasteiger partial charge in [-0.05, 0) is 84.2 Å². The molecule has 0 aliphatic carbocycles. The van der Waals surface area contributed by atoms with Crippen LogP contribution in [0.5, 0.6) is 0 Å². The minimum Gasteiger partial charge on any atom is -0.0616 e. The first kappa shape index (κ1) is 14.9. The van der Waals surface area contributed by atoms with Gasteiger partial charge in [-0.1, -0.05) is 72.8 Å². The Balaban J connectivity index is 1.93. The van der Waals surface area contributed by atoms with Crippen LogP contribution < -0.4 is 0 Å². The van der Waals surface area contributed by atoms with Crippen LogP contribution in [0.15, 0.2) is 91.0 Å². The van der Waals surface area contributed by atoms with Crippen LogP contribution in [0.2, 0.25) is 0 Å². The predicted octanol–water partition coefficient (Wildman–Crippen LogP) is 7.42. The molecule has 5 aromatic carbocycles. The molecule has 0 fully saturated rings. The van der Waals surface area contributed by atoms with Gasteiger partial charge in [-0.3, -0.25) is 0 Å². The molecular weight excluding hydrogens is 415 g/mol. The summed E-state index contributed by atoms with van der Waals surface area (Å²) in [5, 5.41) is 7.95. The van der Waals surface area contributed by atoms with Crippen molar-refractivity contribution in [3.63, 3.8) is 0 Å². The second-order valence-electron chi connectivity index (χ2n) is 6.36. The zero-order chi connectivity index (χ0) is 16.8. The monoisotopic (exact) mass is 430 g/mol. The molecule has 0 N–H and O–H groups in total.